The molecule has 0 atom stereocenters. The maximum Gasteiger partial charge on any atom is 0.0948 e. The summed E-state index contributed by atoms with van der Waals surface area (Å²) in [5.41, 5.74) is 6.73. The molecule has 0 radical (unpaired) electrons. The first-order valence-corrected chi connectivity index (χ1v) is 5.06. The number of methoxy groups -OCH3 is 1. The van der Waals surface area contributed by atoms with Crippen molar-refractivity contribution < 1.29 is 4.74 Å². The molecule has 2 N–H and O–H groups in total. The number of aryl methyl sites for hydroxylation is 1. The lowest BCUT2D eigenvalue weighted by molar-refractivity contribution is 0.191. The molecule has 0 aliphatic heterocycles. The molecule has 80 valence electrons. The van der Waals surface area contributed by atoms with E-state index in [1.165, 1.54) is 5.69 Å². The molecule has 0 spiro atoms. The lowest BCUT2D eigenvalue weighted by Gasteiger charge is -2.06. The Morgan fingerprint density at radius 3 is 3.07 bits per heavy atom. The van der Waals surface area contributed by atoms with Gasteiger partial charge in [0.2, 0.25) is 0 Å². The Labute approximate surface area is 85.1 Å². The third kappa shape index (κ3) is 3.47. The van der Waals surface area contributed by atoms with Crippen LogP contribution >= 0.6 is 0 Å². The Bertz CT molecular complexity index is 247. The molecule has 0 saturated heterocycles. The Morgan fingerprint density at radius 2 is 2.36 bits per heavy atom. The molecule has 0 aliphatic rings. The summed E-state index contributed by atoms with van der Waals surface area (Å²) in [4.78, 5) is 4.12. The van der Waals surface area contributed by atoms with Crippen molar-refractivity contribution in [2.45, 2.75) is 25.8 Å². The van der Waals surface area contributed by atoms with Gasteiger partial charge in [0.1, 0.15) is 0 Å². The van der Waals surface area contributed by atoms with Crippen LogP contribution in [0.15, 0.2) is 12.5 Å². The number of nitrogens with two attached hydrogens (primary N) is 1. The first-order chi connectivity index (χ1) is 6.88. The van der Waals surface area contributed by atoms with Crippen molar-refractivity contribution in [3.8, 4) is 0 Å². The van der Waals surface area contributed by atoms with Gasteiger partial charge >= 0.3 is 0 Å². The van der Waals surface area contributed by atoms with Gasteiger partial charge < -0.3 is 15.0 Å². The lowest BCUT2D eigenvalue weighted by Crippen LogP contribution is -2.09. The number of rotatable bonds is 7. The Kier molecular flexibility index (Phi) is 5.25. The van der Waals surface area contributed by atoms with Crippen molar-refractivity contribution in [3.63, 3.8) is 0 Å². The molecule has 1 rings (SSSR count). The molecule has 1 aromatic heterocycles. The maximum absolute atomic E-state index is 5.50. The smallest absolute Gasteiger partial charge is 0.0948 e. The number of hydrogen-bond acceptors (Lipinski definition) is 3. The van der Waals surface area contributed by atoms with Crippen LogP contribution in [0.25, 0.3) is 0 Å². The summed E-state index contributed by atoms with van der Waals surface area (Å²) >= 11 is 0. The zero-order valence-electron chi connectivity index (χ0n) is 8.78. The molecule has 0 aromatic carbocycles. The standard InChI is InChI=1S/C10H19N3O/c1-14-7-3-2-6-13-9-12-8-10(13)4-5-11/h8-9H,2-7,11H2,1H3. The van der Waals surface area contributed by atoms with Gasteiger partial charge in [-0.05, 0) is 19.4 Å². The minimum atomic E-state index is 0.684. The van der Waals surface area contributed by atoms with E-state index in [-0.39, 0.29) is 0 Å². The highest BCUT2D eigenvalue weighted by Gasteiger charge is 1.99. The molecule has 0 fully saturated rings. The van der Waals surface area contributed by atoms with E-state index in [1.807, 2.05) is 12.5 Å². The molecule has 4 heteroatoms. The van der Waals surface area contributed by atoms with Crippen molar-refractivity contribution in [1.82, 2.24) is 9.55 Å². The van der Waals surface area contributed by atoms with E-state index in [9.17, 15) is 0 Å². The molecule has 0 bridgehead atoms. The van der Waals surface area contributed by atoms with Crippen LogP contribution in [0.3, 0.4) is 0 Å². The second kappa shape index (κ2) is 6.56. The molecule has 0 unspecified atom stereocenters. The first kappa shape index (κ1) is 11.2. The molecule has 1 heterocycles. The average molecular weight is 197 g/mol. The normalized spacial score (nSPS) is 10.7. The van der Waals surface area contributed by atoms with Gasteiger partial charge in [-0.3, -0.25) is 0 Å². The van der Waals surface area contributed by atoms with E-state index >= 15 is 0 Å². The minimum absolute atomic E-state index is 0.684. The fraction of sp³-hybridized carbons (Fsp3) is 0.700. The topological polar surface area (TPSA) is 53.1 Å². The lowest BCUT2D eigenvalue weighted by atomic mass is 10.3. The highest BCUT2D eigenvalue weighted by atomic mass is 16.5. The zero-order valence-corrected chi connectivity index (χ0v) is 8.78. The summed E-state index contributed by atoms with van der Waals surface area (Å²) in [5.74, 6) is 0. The van der Waals surface area contributed by atoms with Gasteiger partial charge in [0, 0.05) is 38.6 Å². The van der Waals surface area contributed by atoms with Gasteiger partial charge in [0.15, 0.2) is 0 Å². The molecule has 4 nitrogen and oxygen atoms in total. The van der Waals surface area contributed by atoms with E-state index < -0.39 is 0 Å². The number of ether oxygens (including phenoxy) is 1. The van der Waals surface area contributed by atoms with Crippen LogP contribution < -0.4 is 5.73 Å². The van der Waals surface area contributed by atoms with E-state index in [4.69, 9.17) is 10.5 Å². The number of unbranched alkanes of at least 4 members (excludes halogenated alkanes) is 1. The molecule has 0 saturated carbocycles. The van der Waals surface area contributed by atoms with Crippen LogP contribution in [0, 0.1) is 0 Å². The average Bonchev–Trinajstić information content (AvgIpc) is 2.61. The number of nitrogens with zero attached hydrogens (tertiary/aromatic N) is 2. The third-order valence-corrected chi connectivity index (χ3v) is 2.20. The van der Waals surface area contributed by atoms with E-state index in [0.717, 1.165) is 32.4 Å². The van der Waals surface area contributed by atoms with Crippen molar-refractivity contribution in [2.75, 3.05) is 20.3 Å². The predicted molar refractivity (Wildman–Crippen MR) is 56.1 cm³/mol. The summed E-state index contributed by atoms with van der Waals surface area (Å²) in [6.45, 7) is 2.53. The highest BCUT2D eigenvalue weighted by Crippen LogP contribution is 2.02. The quantitative estimate of drug-likeness (QED) is 0.658. The van der Waals surface area contributed by atoms with E-state index in [1.54, 1.807) is 7.11 Å². The van der Waals surface area contributed by atoms with Crippen LogP contribution in [0.5, 0.6) is 0 Å². The van der Waals surface area contributed by atoms with Crippen LogP contribution in [0.4, 0.5) is 0 Å². The maximum atomic E-state index is 5.50. The second-order valence-electron chi connectivity index (χ2n) is 3.32. The van der Waals surface area contributed by atoms with Gasteiger partial charge in [0.05, 0.1) is 6.33 Å². The summed E-state index contributed by atoms with van der Waals surface area (Å²) in [7, 11) is 1.73. The Hall–Kier alpha value is -0.870. The molecular formula is C10H19N3O. The van der Waals surface area contributed by atoms with Crippen LogP contribution in [-0.2, 0) is 17.7 Å². The first-order valence-electron chi connectivity index (χ1n) is 5.06. The van der Waals surface area contributed by atoms with E-state index in [0.29, 0.717) is 6.54 Å². The fourth-order valence-corrected chi connectivity index (χ4v) is 1.43. The predicted octanol–water partition coefficient (Wildman–Crippen LogP) is 0.811. The molecule has 14 heavy (non-hydrogen) atoms. The van der Waals surface area contributed by atoms with Gasteiger partial charge in [-0.15, -0.1) is 0 Å². The zero-order chi connectivity index (χ0) is 10.2. The fourth-order valence-electron chi connectivity index (χ4n) is 1.43. The summed E-state index contributed by atoms with van der Waals surface area (Å²) in [5, 5.41) is 0. The SMILES string of the molecule is COCCCCn1cncc1CCN. The van der Waals surface area contributed by atoms with Crippen molar-refractivity contribution in [1.29, 1.82) is 0 Å². The highest BCUT2D eigenvalue weighted by molar-refractivity contribution is 4.98. The van der Waals surface area contributed by atoms with Crippen molar-refractivity contribution in [3.05, 3.63) is 18.2 Å². The summed E-state index contributed by atoms with van der Waals surface area (Å²) < 4.78 is 7.16. The monoisotopic (exact) mass is 197 g/mol. The number of aromatic nitrogens is 2. The summed E-state index contributed by atoms with van der Waals surface area (Å²) in [6.07, 6.45) is 6.89. The number of imidazole rings is 1. The van der Waals surface area contributed by atoms with Crippen LogP contribution in [-0.4, -0.2) is 29.8 Å². The van der Waals surface area contributed by atoms with E-state index in [2.05, 4.69) is 9.55 Å². The van der Waals surface area contributed by atoms with Gasteiger partial charge in [-0.1, -0.05) is 0 Å². The number of hydrogen-bond donors (Lipinski definition) is 1. The molecule has 1 aromatic rings. The Morgan fingerprint density at radius 1 is 1.50 bits per heavy atom. The minimum Gasteiger partial charge on any atom is -0.385 e. The van der Waals surface area contributed by atoms with Crippen molar-refractivity contribution >= 4 is 0 Å². The van der Waals surface area contributed by atoms with Gasteiger partial charge in [0.25, 0.3) is 0 Å². The Balaban J connectivity index is 2.30. The molecular weight excluding hydrogens is 178 g/mol. The van der Waals surface area contributed by atoms with Gasteiger partial charge in [-0.25, -0.2) is 4.98 Å². The van der Waals surface area contributed by atoms with Gasteiger partial charge in [-0.2, -0.15) is 0 Å². The largest absolute Gasteiger partial charge is 0.385 e. The summed E-state index contributed by atoms with van der Waals surface area (Å²) in [6, 6.07) is 0. The van der Waals surface area contributed by atoms with Crippen LogP contribution in [0.1, 0.15) is 18.5 Å². The van der Waals surface area contributed by atoms with Crippen LogP contribution in [0.2, 0.25) is 0 Å². The third-order valence-electron chi connectivity index (χ3n) is 2.20. The molecule has 0 aliphatic carbocycles. The van der Waals surface area contributed by atoms with Crippen molar-refractivity contribution in [2.24, 2.45) is 5.73 Å². The second-order valence-corrected chi connectivity index (χ2v) is 3.32. The molecule has 0 amide bonds.